The van der Waals surface area contributed by atoms with Gasteiger partial charge in [-0.3, -0.25) is 4.98 Å². The summed E-state index contributed by atoms with van der Waals surface area (Å²) < 4.78 is 5.50. The highest BCUT2D eigenvalue weighted by atomic mass is 16.5. The zero-order valence-electron chi connectivity index (χ0n) is 9.41. The van der Waals surface area contributed by atoms with Crippen LogP contribution >= 0.6 is 0 Å². The summed E-state index contributed by atoms with van der Waals surface area (Å²) >= 11 is 0. The van der Waals surface area contributed by atoms with Crippen LogP contribution in [-0.2, 0) is 11.3 Å². The van der Waals surface area contributed by atoms with Gasteiger partial charge in [0.15, 0.2) is 0 Å². The fourth-order valence-corrected chi connectivity index (χ4v) is 1.38. The van der Waals surface area contributed by atoms with E-state index in [4.69, 9.17) is 10.5 Å². The fourth-order valence-electron chi connectivity index (χ4n) is 1.38. The molecule has 1 aromatic heterocycles. The van der Waals surface area contributed by atoms with Crippen molar-refractivity contribution < 1.29 is 4.74 Å². The van der Waals surface area contributed by atoms with E-state index in [9.17, 15) is 0 Å². The number of nitrogen functional groups attached to an aromatic ring is 1. The predicted molar refractivity (Wildman–Crippen MR) is 62.4 cm³/mol. The van der Waals surface area contributed by atoms with E-state index in [-0.39, 0.29) is 0 Å². The van der Waals surface area contributed by atoms with Crippen molar-refractivity contribution in [3.63, 3.8) is 0 Å². The topological polar surface area (TPSA) is 48.1 Å². The van der Waals surface area contributed by atoms with Crippen molar-refractivity contribution in [3.8, 4) is 0 Å². The van der Waals surface area contributed by atoms with Gasteiger partial charge in [-0.25, -0.2) is 0 Å². The molecular weight excluding hydrogens is 188 g/mol. The highest BCUT2D eigenvalue weighted by Gasteiger charge is 1.95. The number of ether oxygens (including phenoxy) is 1. The van der Waals surface area contributed by atoms with Gasteiger partial charge in [0.25, 0.3) is 0 Å². The summed E-state index contributed by atoms with van der Waals surface area (Å²) in [5.41, 5.74) is 7.29. The second-order valence-corrected chi connectivity index (χ2v) is 3.69. The maximum Gasteiger partial charge on any atom is 0.0888 e. The Morgan fingerprint density at radius 3 is 2.93 bits per heavy atom. The van der Waals surface area contributed by atoms with E-state index < -0.39 is 0 Å². The number of hydrogen-bond donors (Lipinski definition) is 1. The highest BCUT2D eigenvalue weighted by molar-refractivity contribution is 5.36. The number of anilines is 1. The fraction of sp³-hybridized carbons (Fsp3) is 0.583. The molecule has 0 unspecified atom stereocenters. The average Bonchev–Trinajstić information content (AvgIpc) is 2.23. The molecule has 15 heavy (non-hydrogen) atoms. The third kappa shape index (κ3) is 5.37. The largest absolute Gasteiger partial charge is 0.399 e. The zero-order valence-corrected chi connectivity index (χ0v) is 9.41. The van der Waals surface area contributed by atoms with E-state index in [2.05, 4.69) is 11.9 Å². The molecule has 0 saturated heterocycles. The number of hydrogen-bond acceptors (Lipinski definition) is 3. The van der Waals surface area contributed by atoms with E-state index in [1.54, 1.807) is 12.3 Å². The summed E-state index contributed by atoms with van der Waals surface area (Å²) in [5.74, 6) is 0. The second kappa shape index (κ2) is 7.23. The molecule has 0 spiro atoms. The number of aromatic nitrogens is 1. The third-order valence-electron chi connectivity index (χ3n) is 2.23. The first-order chi connectivity index (χ1) is 7.33. The Labute approximate surface area is 91.7 Å². The molecule has 0 aromatic carbocycles. The van der Waals surface area contributed by atoms with Crippen molar-refractivity contribution in [1.82, 2.24) is 4.98 Å². The molecular formula is C12H20N2O. The van der Waals surface area contributed by atoms with Gasteiger partial charge in [-0.2, -0.15) is 0 Å². The van der Waals surface area contributed by atoms with E-state index >= 15 is 0 Å². The van der Waals surface area contributed by atoms with Gasteiger partial charge < -0.3 is 10.5 Å². The first kappa shape index (κ1) is 12.0. The van der Waals surface area contributed by atoms with Crippen LogP contribution in [0.15, 0.2) is 18.3 Å². The average molecular weight is 208 g/mol. The van der Waals surface area contributed by atoms with Crippen LogP contribution in [-0.4, -0.2) is 11.6 Å². The van der Waals surface area contributed by atoms with Crippen LogP contribution in [0.3, 0.4) is 0 Å². The molecule has 3 heteroatoms. The van der Waals surface area contributed by atoms with Gasteiger partial charge in [0.05, 0.1) is 12.3 Å². The lowest BCUT2D eigenvalue weighted by atomic mass is 10.2. The Kier molecular flexibility index (Phi) is 5.78. The summed E-state index contributed by atoms with van der Waals surface area (Å²) in [6.45, 7) is 3.59. The molecule has 0 aliphatic heterocycles. The molecule has 0 fully saturated rings. The van der Waals surface area contributed by atoms with Crippen LogP contribution in [0.4, 0.5) is 5.69 Å². The minimum atomic E-state index is 0.567. The van der Waals surface area contributed by atoms with Gasteiger partial charge in [0, 0.05) is 18.5 Å². The first-order valence-electron chi connectivity index (χ1n) is 5.61. The number of nitrogens with two attached hydrogens (primary N) is 1. The molecule has 0 atom stereocenters. The van der Waals surface area contributed by atoms with Crippen LogP contribution in [0.25, 0.3) is 0 Å². The maximum atomic E-state index is 5.63. The Hall–Kier alpha value is -1.09. The monoisotopic (exact) mass is 208 g/mol. The van der Waals surface area contributed by atoms with Gasteiger partial charge in [0.2, 0.25) is 0 Å². The van der Waals surface area contributed by atoms with E-state index in [1.165, 1.54) is 19.3 Å². The smallest absolute Gasteiger partial charge is 0.0888 e. The van der Waals surface area contributed by atoms with Crippen molar-refractivity contribution in [2.75, 3.05) is 12.3 Å². The standard InChI is InChI=1S/C12H20N2O/c1-2-3-4-5-8-15-10-12-9-11(13)6-7-14-12/h6-7,9H,2-5,8,10H2,1H3,(H2,13,14). The quantitative estimate of drug-likeness (QED) is 0.701. The van der Waals surface area contributed by atoms with Crippen molar-refractivity contribution in [2.24, 2.45) is 0 Å². The van der Waals surface area contributed by atoms with Crippen molar-refractivity contribution in [1.29, 1.82) is 0 Å². The van der Waals surface area contributed by atoms with Gasteiger partial charge in [0.1, 0.15) is 0 Å². The summed E-state index contributed by atoms with van der Waals surface area (Å²) in [7, 11) is 0. The molecule has 0 aliphatic carbocycles. The van der Waals surface area contributed by atoms with E-state index in [0.717, 1.165) is 24.4 Å². The highest BCUT2D eigenvalue weighted by Crippen LogP contribution is 2.05. The van der Waals surface area contributed by atoms with Gasteiger partial charge in [-0.1, -0.05) is 26.2 Å². The molecule has 1 rings (SSSR count). The van der Waals surface area contributed by atoms with Crippen LogP contribution in [0, 0.1) is 0 Å². The molecule has 0 saturated carbocycles. The molecule has 0 radical (unpaired) electrons. The van der Waals surface area contributed by atoms with Crippen LogP contribution in [0.2, 0.25) is 0 Å². The number of nitrogens with zero attached hydrogens (tertiary/aromatic N) is 1. The SMILES string of the molecule is CCCCCCOCc1cc(N)ccn1. The molecule has 1 heterocycles. The lowest BCUT2D eigenvalue weighted by Crippen LogP contribution is -1.98. The molecule has 0 aliphatic rings. The third-order valence-corrected chi connectivity index (χ3v) is 2.23. The lowest BCUT2D eigenvalue weighted by Gasteiger charge is -2.03. The van der Waals surface area contributed by atoms with Gasteiger partial charge in [-0.05, 0) is 18.6 Å². The minimum Gasteiger partial charge on any atom is -0.399 e. The summed E-state index contributed by atoms with van der Waals surface area (Å²) in [6.07, 6.45) is 6.65. The van der Waals surface area contributed by atoms with Crippen LogP contribution in [0.1, 0.15) is 38.3 Å². The Bertz CT molecular complexity index is 276. The lowest BCUT2D eigenvalue weighted by molar-refractivity contribution is 0.114. The number of pyridine rings is 1. The molecule has 2 N–H and O–H groups in total. The van der Waals surface area contributed by atoms with Crippen molar-refractivity contribution in [3.05, 3.63) is 24.0 Å². The Morgan fingerprint density at radius 1 is 1.33 bits per heavy atom. The molecule has 3 nitrogen and oxygen atoms in total. The molecule has 1 aromatic rings. The second-order valence-electron chi connectivity index (χ2n) is 3.69. The van der Waals surface area contributed by atoms with E-state index in [1.807, 2.05) is 6.07 Å². The van der Waals surface area contributed by atoms with Gasteiger partial charge in [-0.15, -0.1) is 0 Å². The normalized spacial score (nSPS) is 10.5. The maximum absolute atomic E-state index is 5.63. The minimum absolute atomic E-state index is 0.567. The molecule has 84 valence electrons. The Morgan fingerprint density at radius 2 is 2.20 bits per heavy atom. The summed E-state index contributed by atoms with van der Waals surface area (Å²) in [5, 5.41) is 0. The van der Waals surface area contributed by atoms with Crippen LogP contribution < -0.4 is 5.73 Å². The molecule has 0 amide bonds. The number of rotatable bonds is 7. The molecule has 0 bridgehead atoms. The summed E-state index contributed by atoms with van der Waals surface area (Å²) in [6, 6.07) is 3.64. The zero-order chi connectivity index (χ0) is 10.9. The van der Waals surface area contributed by atoms with Crippen molar-refractivity contribution >= 4 is 5.69 Å². The van der Waals surface area contributed by atoms with E-state index in [0.29, 0.717) is 6.61 Å². The number of unbranched alkanes of at least 4 members (excludes halogenated alkanes) is 3. The summed E-state index contributed by atoms with van der Waals surface area (Å²) in [4.78, 5) is 4.17. The first-order valence-corrected chi connectivity index (χ1v) is 5.61. The van der Waals surface area contributed by atoms with Crippen molar-refractivity contribution in [2.45, 2.75) is 39.2 Å². The predicted octanol–water partition coefficient (Wildman–Crippen LogP) is 2.76. The Balaban J connectivity index is 2.10. The van der Waals surface area contributed by atoms with Gasteiger partial charge >= 0.3 is 0 Å². The van der Waals surface area contributed by atoms with Crippen LogP contribution in [0.5, 0.6) is 0 Å².